The lowest BCUT2D eigenvalue weighted by atomic mass is 10.1. The van der Waals surface area contributed by atoms with Crippen molar-refractivity contribution in [3.05, 3.63) is 12.2 Å². The number of halogens is 4. The second-order valence-electron chi connectivity index (χ2n) is 6.56. The Morgan fingerprint density at radius 2 is 1.26 bits per heavy atom. The molecule has 10 heteroatoms. The molecule has 0 fully saturated rings. The quantitative estimate of drug-likeness (QED) is 0.243. The van der Waals surface area contributed by atoms with Gasteiger partial charge in [0.25, 0.3) is 0 Å². The number of carbonyl (C=O) groups is 3. The third kappa shape index (κ3) is 7.18. The molecule has 0 aromatic heterocycles. The van der Waals surface area contributed by atoms with Crippen LogP contribution >= 0.6 is 0 Å². The summed E-state index contributed by atoms with van der Waals surface area (Å²) in [6, 6.07) is 0. The zero-order chi connectivity index (χ0) is 21.6. The van der Waals surface area contributed by atoms with Crippen LogP contribution in [0.3, 0.4) is 0 Å². The molecule has 0 rings (SSSR count). The van der Waals surface area contributed by atoms with Gasteiger partial charge < -0.3 is 14.2 Å². The summed E-state index contributed by atoms with van der Waals surface area (Å²) in [5.74, 6) is -15.3. The average molecular weight is 400 g/mol. The van der Waals surface area contributed by atoms with E-state index < -0.39 is 60.9 Å². The average Bonchev–Trinajstić information content (AvgIpc) is 2.55. The van der Waals surface area contributed by atoms with Crippen LogP contribution in [0, 0.1) is 11.8 Å². The molecule has 0 aromatic carbocycles. The summed E-state index contributed by atoms with van der Waals surface area (Å²) in [5.41, 5.74) is -0.0316. The Labute approximate surface area is 154 Å². The van der Waals surface area contributed by atoms with Gasteiger partial charge in [0, 0.05) is 17.4 Å². The highest BCUT2D eigenvalue weighted by atomic mass is 19.3. The number of hydrogen-bond acceptors (Lipinski definition) is 6. The minimum Gasteiger partial charge on any atom is -0.458 e. The molecule has 0 N–H and O–H groups in total. The van der Waals surface area contributed by atoms with Crippen LogP contribution in [0.4, 0.5) is 17.6 Å². The zero-order valence-electron chi connectivity index (χ0n) is 15.8. The normalized spacial score (nSPS) is 13.3. The van der Waals surface area contributed by atoms with Crippen LogP contribution < -0.4 is 0 Å². The second kappa shape index (κ2) is 9.70. The van der Waals surface area contributed by atoms with Gasteiger partial charge in [-0.2, -0.15) is 17.6 Å². The van der Waals surface area contributed by atoms with Gasteiger partial charge in [-0.3, -0.25) is 0 Å². The number of carbonyl (C=O) groups excluding carboxylic acids is 3. The maximum Gasteiger partial charge on any atom is 0.377 e. The van der Waals surface area contributed by atoms with Gasteiger partial charge in [-0.1, -0.05) is 34.3 Å². The molecule has 1 atom stereocenters. The predicted octanol–water partition coefficient (Wildman–Crippen LogP) is 3.14. The van der Waals surface area contributed by atoms with Gasteiger partial charge in [0.15, 0.2) is 6.10 Å². The Hall–Kier alpha value is -2.13. The third-order valence-corrected chi connectivity index (χ3v) is 3.42. The molecule has 0 radical (unpaired) electrons. The lowest BCUT2D eigenvalue weighted by Gasteiger charge is -2.24. The van der Waals surface area contributed by atoms with Crippen molar-refractivity contribution in [3.8, 4) is 0 Å². The van der Waals surface area contributed by atoms with Gasteiger partial charge in [-0.15, -0.1) is 0 Å². The second-order valence-corrected chi connectivity index (χ2v) is 6.56. The van der Waals surface area contributed by atoms with Gasteiger partial charge in [-0.05, 0) is 6.92 Å². The maximum atomic E-state index is 13.7. The SMILES string of the molecule is C=C(C)C(=O)OCC(COC(=O)C(F)(F)C(C)C)OC(=O)C(F)(F)C(C)C. The van der Waals surface area contributed by atoms with Gasteiger partial charge >= 0.3 is 29.8 Å². The Kier molecular flexibility index (Phi) is 8.94. The molecule has 0 saturated heterocycles. The highest BCUT2D eigenvalue weighted by Crippen LogP contribution is 2.27. The summed E-state index contributed by atoms with van der Waals surface area (Å²) in [6.45, 7) is 7.12. The largest absolute Gasteiger partial charge is 0.458 e. The molecule has 0 amide bonds. The van der Waals surface area contributed by atoms with E-state index in [0.717, 1.165) is 27.7 Å². The molecule has 0 aromatic rings. The van der Waals surface area contributed by atoms with Crippen molar-refractivity contribution in [1.82, 2.24) is 0 Å². The van der Waals surface area contributed by atoms with Crippen molar-refractivity contribution in [1.29, 1.82) is 0 Å². The van der Waals surface area contributed by atoms with Gasteiger partial charge in [-0.25, -0.2) is 14.4 Å². The topological polar surface area (TPSA) is 78.9 Å². The van der Waals surface area contributed by atoms with Crippen LogP contribution in [0.1, 0.15) is 34.6 Å². The van der Waals surface area contributed by atoms with Crippen LogP contribution in [-0.2, 0) is 28.6 Å². The molecule has 27 heavy (non-hydrogen) atoms. The molecule has 6 nitrogen and oxygen atoms in total. The van der Waals surface area contributed by atoms with E-state index in [1.165, 1.54) is 6.92 Å². The molecule has 0 spiro atoms. The van der Waals surface area contributed by atoms with E-state index in [2.05, 4.69) is 20.8 Å². The van der Waals surface area contributed by atoms with E-state index in [9.17, 15) is 31.9 Å². The van der Waals surface area contributed by atoms with E-state index >= 15 is 0 Å². The first-order valence-electron chi connectivity index (χ1n) is 8.10. The molecule has 0 aliphatic heterocycles. The molecule has 1 unspecified atom stereocenters. The maximum absolute atomic E-state index is 13.7. The fourth-order valence-corrected chi connectivity index (χ4v) is 1.37. The number of rotatable bonds is 10. The standard InChI is InChI=1S/C17H24F4O6/c1-9(2)13(22)25-7-12(27-15(24)17(20,21)11(5)6)8-26-14(23)16(18,19)10(3)4/h10-12H,1,7-8H2,2-6H3. The van der Waals surface area contributed by atoms with Gasteiger partial charge in [0.05, 0.1) is 0 Å². The van der Waals surface area contributed by atoms with Crippen molar-refractivity contribution >= 4 is 17.9 Å². The highest BCUT2D eigenvalue weighted by Gasteiger charge is 2.47. The van der Waals surface area contributed by atoms with Crippen LogP contribution in [-0.4, -0.2) is 49.1 Å². The molecule has 0 heterocycles. The van der Waals surface area contributed by atoms with Crippen molar-refractivity contribution in [3.63, 3.8) is 0 Å². The van der Waals surface area contributed by atoms with Crippen LogP contribution in [0.5, 0.6) is 0 Å². The molecular weight excluding hydrogens is 376 g/mol. The number of ether oxygens (including phenoxy) is 3. The Morgan fingerprint density at radius 3 is 1.67 bits per heavy atom. The predicted molar refractivity (Wildman–Crippen MR) is 86.2 cm³/mol. The third-order valence-electron chi connectivity index (χ3n) is 3.42. The minimum absolute atomic E-state index is 0.0316. The summed E-state index contributed by atoms with van der Waals surface area (Å²) in [6.07, 6.45) is -1.70. The lowest BCUT2D eigenvalue weighted by molar-refractivity contribution is -0.197. The molecule has 156 valence electrons. The molecule has 0 aliphatic rings. The number of alkyl halides is 4. The summed E-state index contributed by atoms with van der Waals surface area (Å²) >= 11 is 0. The lowest BCUT2D eigenvalue weighted by Crippen LogP contribution is -2.42. The van der Waals surface area contributed by atoms with E-state index in [1.54, 1.807) is 0 Å². The molecular formula is C17H24F4O6. The van der Waals surface area contributed by atoms with Crippen LogP contribution in [0.15, 0.2) is 12.2 Å². The number of esters is 3. The van der Waals surface area contributed by atoms with Crippen molar-refractivity contribution in [2.45, 2.75) is 52.6 Å². The fraction of sp³-hybridized carbons (Fsp3) is 0.706. The van der Waals surface area contributed by atoms with Gasteiger partial charge in [0.1, 0.15) is 13.2 Å². The minimum atomic E-state index is -3.87. The first-order chi connectivity index (χ1) is 12.1. The van der Waals surface area contributed by atoms with E-state index in [0.29, 0.717) is 0 Å². The van der Waals surface area contributed by atoms with Crippen molar-refractivity contribution in [2.24, 2.45) is 11.8 Å². The first-order valence-corrected chi connectivity index (χ1v) is 8.10. The van der Waals surface area contributed by atoms with Crippen LogP contribution in [0.2, 0.25) is 0 Å². The van der Waals surface area contributed by atoms with E-state index in [1.807, 2.05) is 0 Å². The first kappa shape index (κ1) is 24.9. The van der Waals surface area contributed by atoms with Crippen molar-refractivity contribution < 1.29 is 46.2 Å². The Bertz CT molecular complexity index is 572. The number of hydrogen-bond donors (Lipinski definition) is 0. The Morgan fingerprint density at radius 1 is 0.852 bits per heavy atom. The van der Waals surface area contributed by atoms with E-state index in [-0.39, 0.29) is 5.57 Å². The Balaban J connectivity index is 5.14. The molecule has 0 bridgehead atoms. The summed E-state index contributed by atoms with van der Waals surface area (Å²) < 4.78 is 68.1. The summed E-state index contributed by atoms with van der Waals surface area (Å²) in [5, 5.41) is 0. The summed E-state index contributed by atoms with van der Waals surface area (Å²) in [4.78, 5) is 34.5. The highest BCUT2D eigenvalue weighted by molar-refractivity contribution is 5.87. The fourth-order valence-electron chi connectivity index (χ4n) is 1.37. The van der Waals surface area contributed by atoms with Crippen molar-refractivity contribution in [2.75, 3.05) is 13.2 Å². The molecule has 0 saturated carbocycles. The summed E-state index contributed by atoms with van der Waals surface area (Å²) in [7, 11) is 0. The molecule has 0 aliphatic carbocycles. The van der Waals surface area contributed by atoms with Gasteiger partial charge in [0.2, 0.25) is 0 Å². The van der Waals surface area contributed by atoms with Crippen LogP contribution in [0.25, 0.3) is 0 Å². The smallest absolute Gasteiger partial charge is 0.377 e. The van der Waals surface area contributed by atoms with E-state index in [4.69, 9.17) is 0 Å². The monoisotopic (exact) mass is 400 g/mol. The zero-order valence-corrected chi connectivity index (χ0v) is 15.8.